The molecule has 0 amide bonds. The first-order valence-electron chi connectivity index (χ1n) is 6.77. The van der Waals surface area contributed by atoms with E-state index in [0.29, 0.717) is 10.7 Å². The highest BCUT2D eigenvalue weighted by atomic mass is 32.1. The van der Waals surface area contributed by atoms with Gasteiger partial charge >= 0.3 is 5.97 Å². The van der Waals surface area contributed by atoms with Crippen LogP contribution in [-0.2, 0) is 11.2 Å². The van der Waals surface area contributed by atoms with Gasteiger partial charge in [0.15, 0.2) is 0 Å². The van der Waals surface area contributed by atoms with E-state index in [1.54, 1.807) is 17.5 Å². The first-order chi connectivity index (χ1) is 11.1. The van der Waals surface area contributed by atoms with Gasteiger partial charge < -0.3 is 4.74 Å². The standard InChI is InChI=1S/C17H11F2NO2S/c18-12-6-4-11(5-7-12)17-20-14(10-23-17)9-16(21)22-15-3-1-2-13(19)8-15/h1-8,10H,9H2. The Kier molecular flexibility index (Phi) is 4.43. The van der Waals surface area contributed by atoms with Gasteiger partial charge in [0.05, 0.1) is 12.1 Å². The van der Waals surface area contributed by atoms with E-state index in [0.717, 1.165) is 11.6 Å². The van der Waals surface area contributed by atoms with E-state index in [9.17, 15) is 13.6 Å². The van der Waals surface area contributed by atoms with Crippen LogP contribution in [0.2, 0.25) is 0 Å². The SMILES string of the molecule is O=C(Cc1csc(-c2ccc(F)cc2)n1)Oc1cccc(F)c1. The highest BCUT2D eigenvalue weighted by molar-refractivity contribution is 7.13. The van der Waals surface area contributed by atoms with Crippen molar-refractivity contribution in [2.45, 2.75) is 6.42 Å². The number of aromatic nitrogens is 1. The Morgan fingerprint density at radius 3 is 2.61 bits per heavy atom. The zero-order chi connectivity index (χ0) is 16.2. The van der Waals surface area contributed by atoms with Gasteiger partial charge in [-0.1, -0.05) is 6.07 Å². The summed E-state index contributed by atoms with van der Waals surface area (Å²) < 4.78 is 31.0. The Morgan fingerprint density at radius 2 is 1.87 bits per heavy atom. The Balaban J connectivity index is 1.66. The lowest BCUT2D eigenvalue weighted by atomic mass is 10.2. The van der Waals surface area contributed by atoms with E-state index >= 15 is 0 Å². The third-order valence-electron chi connectivity index (χ3n) is 3.00. The van der Waals surface area contributed by atoms with Crippen molar-refractivity contribution < 1.29 is 18.3 Å². The lowest BCUT2D eigenvalue weighted by Gasteiger charge is -2.02. The molecule has 0 N–H and O–H groups in total. The minimum atomic E-state index is -0.522. The molecule has 0 radical (unpaired) electrons. The topological polar surface area (TPSA) is 39.2 Å². The lowest BCUT2D eigenvalue weighted by Crippen LogP contribution is -2.11. The molecular weight excluding hydrogens is 320 g/mol. The van der Waals surface area contributed by atoms with Gasteiger partial charge in [0.1, 0.15) is 22.4 Å². The van der Waals surface area contributed by atoms with E-state index in [4.69, 9.17) is 4.74 Å². The molecule has 0 saturated heterocycles. The summed E-state index contributed by atoms with van der Waals surface area (Å²) in [5.74, 6) is -1.15. The van der Waals surface area contributed by atoms with Gasteiger partial charge in [-0.3, -0.25) is 4.79 Å². The molecule has 0 spiro atoms. The number of benzene rings is 2. The fraction of sp³-hybridized carbons (Fsp3) is 0.0588. The largest absolute Gasteiger partial charge is 0.426 e. The van der Waals surface area contributed by atoms with Crippen LogP contribution in [0.5, 0.6) is 5.75 Å². The number of hydrogen-bond acceptors (Lipinski definition) is 4. The highest BCUT2D eigenvalue weighted by Crippen LogP contribution is 2.24. The summed E-state index contributed by atoms with van der Waals surface area (Å²) in [6, 6.07) is 11.4. The minimum Gasteiger partial charge on any atom is -0.426 e. The van der Waals surface area contributed by atoms with Gasteiger partial charge in [-0.15, -0.1) is 11.3 Å². The Bertz CT molecular complexity index is 831. The molecule has 0 aliphatic carbocycles. The molecule has 6 heteroatoms. The van der Waals surface area contributed by atoms with Gasteiger partial charge in [0.25, 0.3) is 0 Å². The van der Waals surface area contributed by atoms with Gasteiger partial charge in [0.2, 0.25) is 0 Å². The van der Waals surface area contributed by atoms with Gasteiger partial charge in [0, 0.05) is 17.0 Å². The van der Waals surface area contributed by atoms with Crippen LogP contribution < -0.4 is 4.74 Å². The molecule has 23 heavy (non-hydrogen) atoms. The second kappa shape index (κ2) is 6.66. The van der Waals surface area contributed by atoms with Crippen molar-refractivity contribution >= 4 is 17.3 Å². The van der Waals surface area contributed by atoms with Crippen LogP contribution >= 0.6 is 11.3 Å². The normalized spacial score (nSPS) is 10.5. The Hall–Kier alpha value is -2.60. The van der Waals surface area contributed by atoms with Crippen molar-refractivity contribution in [1.29, 1.82) is 0 Å². The predicted octanol–water partition coefficient (Wildman–Crippen LogP) is 4.24. The first kappa shape index (κ1) is 15.3. The van der Waals surface area contributed by atoms with Crippen LogP contribution in [0.3, 0.4) is 0 Å². The molecule has 0 fully saturated rings. The summed E-state index contributed by atoms with van der Waals surface area (Å²) in [5.41, 5.74) is 1.33. The maximum Gasteiger partial charge on any atom is 0.317 e. The summed E-state index contributed by atoms with van der Waals surface area (Å²) in [6.07, 6.45) is -0.0196. The summed E-state index contributed by atoms with van der Waals surface area (Å²) >= 11 is 1.36. The molecule has 3 nitrogen and oxygen atoms in total. The third-order valence-corrected chi connectivity index (χ3v) is 3.94. The van der Waals surface area contributed by atoms with E-state index < -0.39 is 11.8 Å². The van der Waals surface area contributed by atoms with Crippen molar-refractivity contribution in [1.82, 2.24) is 4.98 Å². The molecule has 0 unspecified atom stereocenters. The number of rotatable bonds is 4. The molecule has 1 aromatic heterocycles. The zero-order valence-electron chi connectivity index (χ0n) is 11.8. The van der Waals surface area contributed by atoms with Crippen LogP contribution in [0.25, 0.3) is 10.6 Å². The third kappa shape index (κ3) is 3.98. The van der Waals surface area contributed by atoms with E-state index in [1.165, 1.54) is 41.7 Å². The summed E-state index contributed by atoms with van der Waals surface area (Å²) in [4.78, 5) is 16.2. The number of thiazole rings is 1. The van der Waals surface area contributed by atoms with E-state index in [2.05, 4.69) is 4.98 Å². The molecule has 116 valence electrons. The van der Waals surface area contributed by atoms with Crippen LogP contribution in [0.15, 0.2) is 53.9 Å². The number of carbonyl (C=O) groups is 1. The fourth-order valence-corrected chi connectivity index (χ4v) is 2.78. The summed E-state index contributed by atoms with van der Waals surface area (Å²) in [5, 5.41) is 2.43. The van der Waals surface area contributed by atoms with Crippen molar-refractivity contribution in [3.8, 4) is 16.3 Å². The van der Waals surface area contributed by atoms with Crippen molar-refractivity contribution in [2.24, 2.45) is 0 Å². The van der Waals surface area contributed by atoms with Gasteiger partial charge in [-0.2, -0.15) is 0 Å². The summed E-state index contributed by atoms with van der Waals surface area (Å²) in [7, 11) is 0. The highest BCUT2D eigenvalue weighted by Gasteiger charge is 2.11. The quantitative estimate of drug-likeness (QED) is 0.530. The zero-order valence-corrected chi connectivity index (χ0v) is 12.6. The van der Waals surface area contributed by atoms with Crippen molar-refractivity contribution in [3.63, 3.8) is 0 Å². The molecule has 0 aliphatic rings. The molecule has 3 aromatic rings. The summed E-state index contributed by atoms with van der Waals surface area (Å²) in [6.45, 7) is 0. The molecule has 1 heterocycles. The number of carbonyl (C=O) groups excluding carboxylic acids is 1. The predicted molar refractivity (Wildman–Crippen MR) is 83.2 cm³/mol. The maximum absolute atomic E-state index is 13.0. The van der Waals surface area contributed by atoms with Crippen molar-refractivity contribution in [2.75, 3.05) is 0 Å². The number of esters is 1. The van der Waals surface area contributed by atoms with Crippen LogP contribution in [0.1, 0.15) is 5.69 Å². The second-order valence-corrected chi connectivity index (χ2v) is 5.62. The first-order valence-corrected chi connectivity index (χ1v) is 7.65. The smallest absolute Gasteiger partial charge is 0.317 e. The lowest BCUT2D eigenvalue weighted by molar-refractivity contribution is -0.133. The Morgan fingerprint density at radius 1 is 1.09 bits per heavy atom. The van der Waals surface area contributed by atoms with Crippen LogP contribution in [-0.4, -0.2) is 11.0 Å². The number of ether oxygens (including phenoxy) is 1. The number of hydrogen-bond donors (Lipinski definition) is 0. The second-order valence-electron chi connectivity index (χ2n) is 4.76. The average molecular weight is 331 g/mol. The van der Waals surface area contributed by atoms with Crippen LogP contribution in [0, 0.1) is 11.6 Å². The molecular formula is C17H11F2NO2S. The van der Waals surface area contributed by atoms with E-state index in [1.807, 2.05) is 0 Å². The minimum absolute atomic E-state index is 0.0196. The molecule has 0 saturated carbocycles. The van der Waals surface area contributed by atoms with Gasteiger partial charge in [-0.25, -0.2) is 13.8 Å². The fourth-order valence-electron chi connectivity index (χ4n) is 1.96. The molecule has 2 aromatic carbocycles. The molecule has 0 aliphatic heterocycles. The molecule has 0 atom stereocenters. The van der Waals surface area contributed by atoms with E-state index in [-0.39, 0.29) is 18.0 Å². The Labute approximate surface area is 135 Å². The molecule has 3 rings (SSSR count). The average Bonchev–Trinajstić information content (AvgIpc) is 2.96. The molecule has 0 bridgehead atoms. The number of nitrogens with zero attached hydrogens (tertiary/aromatic N) is 1. The number of halogens is 2. The monoisotopic (exact) mass is 331 g/mol. The maximum atomic E-state index is 13.0. The van der Waals surface area contributed by atoms with Gasteiger partial charge in [-0.05, 0) is 36.4 Å². The van der Waals surface area contributed by atoms with Crippen molar-refractivity contribution in [3.05, 3.63) is 71.2 Å². The van der Waals surface area contributed by atoms with Crippen LogP contribution in [0.4, 0.5) is 8.78 Å².